The molecule has 0 saturated carbocycles. The van der Waals surface area contributed by atoms with Crippen LogP contribution in [0.25, 0.3) is 5.78 Å². The smallest absolute Gasteiger partial charge is 0.252 e. The van der Waals surface area contributed by atoms with Crippen LogP contribution in [0.2, 0.25) is 0 Å². The maximum absolute atomic E-state index is 12.1. The predicted molar refractivity (Wildman–Crippen MR) is 89.5 cm³/mol. The van der Waals surface area contributed by atoms with E-state index in [1.807, 2.05) is 20.8 Å². The van der Waals surface area contributed by atoms with Crippen molar-refractivity contribution in [3.63, 3.8) is 0 Å². The van der Waals surface area contributed by atoms with Gasteiger partial charge in [0.05, 0.1) is 0 Å². The molecule has 2 aromatic heterocycles. The van der Waals surface area contributed by atoms with Crippen LogP contribution in [0.4, 0.5) is 0 Å². The van der Waals surface area contributed by atoms with Crippen molar-refractivity contribution in [3.05, 3.63) is 23.3 Å². The standard InChI is InChI=1S/C16H24N6O2/c1-5-8-17-15(24)11(3)20-14(23)7-6-13-10(2)21-16-18-9-19-22(16)12(13)4/h9,11H,5-8H2,1-4H3,(H,17,24)(H,20,23)/t11-/m1/s1. The Labute approximate surface area is 141 Å². The quantitative estimate of drug-likeness (QED) is 0.777. The number of fused-ring (bicyclic) bond motifs is 1. The maximum atomic E-state index is 12.1. The Morgan fingerprint density at radius 2 is 2.08 bits per heavy atom. The number of rotatable bonds is 7. The number of nitrogens with one attached hydrogen (secondary N) is 2. The Balaban J connectivity index is 1.95. The molecule has 0 aromatic carbocycles. The maximum Gasteiger partial charge on any atom is 0.252 e. The molecule has 2 amide bonds. The first-order valence-corrected chi connectivity index (χ1v) is 8.17. The molecule has 24 heavy (non-hydrogen) atoms. The number of nitrogens with zero attached hydrogens (tertiary/aromatic N) is 4. The van der Waals surface area contributed by atoms with Crippen molar-refractivity contribution in [1.29, 1.82) is 0 Å². The second-order valence-corrected chi connectivity index (χ2v) is 5.81. The lowest BCUT2D eigenvalue weighted by atomic mass is 10.1. The van der Waals surface area contributed by atoms with Crippen molar-refractivity contribution in [2.24, 2.45) is 0 Å². The molecule has 0 radical (unpaired) electrons. The van der Waals surface area contributed by atoms with Crippen LogP contribution in [0.1, 0.15) is 43.6 Å². The number of hydrogen-bond acceptors (Lipinski definition) is 5. The molecule has 0 bridgehead atoms. The Morgan fingerprint density at radius 3 is 2.79 bits per heavy atom. The lowest BCUT2D eigenvalue weighted by Crippen LogP contribution is -2.45. The molecule has 1 atom stereocenters. The summed E-state index contributed by atoms with van der Waals surface area (Å²) in [6.07, 6.45) is 3.15. The van der Waals surface area contributed by atoms with E-state index in [9.17, 15) is 9.59 Å². The molecular formula is C16H24N6O2. The summed E-state index contributed by atoms with van der Waals surface area (Å²) in [4.78, 5) is 32.3. The van der Waals surface area contributed by atoms with E-state index in [-0.39, 0.29) is 18.2 Å². The van der Waals surface area contributed by atoms with Crippen molar-refractivity contribution in [3.8, 4) is 0 Å². The zero-order chi connectivity index (χ0) is 17.7. The highest BCUT2D eigenvalue weighted by Crippen LogP contribution is 2.14. The van der Waals surface area contributed by atoms with E-state index in [0.717, 1.165) is 23.4 Å². The van der Waals surface area contributed by atoms with Gasteiger partial charge in [-0.05, 0) is 39.2 Å². The Hall–Kier alpha value is -2.51. The van der Waals surface area contributed by atoms with Gasteiger partial charge in [-0.3, -0.25) is 9.59 Å². The van der Waals surface area contributed by atoms with Crippen LogP contribution in [0.15, 0.2) is 6.33 Å². The zero-order valence-corrected chi connectivity index (χ0v) is 14.6. The van der Waals surface area contributed by atoms with Crippen molar-refractivity contribution in [2.75, 3.05) is 6.54 Å². The number of amides is 2. The second kappa shape index (κ2) is 7.85. The van der Waals surface area contributed by atoms with Crippen LogP contribution in [0.3, 0.4) is 0 Å². The van der Waals surface area contributed by atoms with Gasteiger partial charge in [0.1, 0.15) is 12.4 Å². The molecule has 0 spiro atoms. The van der Waals surface area contributed by atoms with Gasteiger partial charge in [-0.15, -0.1) is 0 Å². The van der Waals surface area contributed by atoms with Gasteiger partial charge in [0.2, 0.25) is 11.8 Å². The van der Waals surface area contributed by atoms with Gasteiger partial charge in [-0.2, -0.15) is 10.1 Å². The van der Waals surface area contributed by atoms with Crippen LogP contribution >= 0.6 is 0 Å². The van der Waals surface area contributed by atoms with Crippen LogP contribution in [-0.4, -0.2) is 44.0 Å². The minimum absolute atomic E-state index is 0.161. The molecule has 0 unspecified atom stereocenters. The third-order valence-corrected chi connectivity index (χ3v) is 3.91. The van der Waals surface area contributed by atoms with Gasteiger partial charge in [0.25, 0.3) is 5.78 Å². The molecule has 8 heteroatoms. The number of aromatic nitrogens is 4. The SMILES string of the molecule is CCCNC(=O)[C@@H](C)NC(=O)CCc1c(C)nc2ncnn2c1C. The number of hydrogen-bond donors (Lipinski definition) is 2. The van der Waals surface area contributed by atoms with Gasteiger partial charge in [-0.1, -0.05) is 6.92 Å². The largest absolute Gasteiger partial charge is 0.354 e. The van der Waals surface area contributed by atoms with E-state index >= 15 is 0 Å². The van der Waals surface area contributed by atoms with E-state index in [1.165, 1.54) is 6.33 Å². The van der Waals surface area contributed by atoms with Gasteiger partial charge in [0, 0.05) is 24.4 Å². The molecule has 2 N–H and O–H groups in total. The molecule has 0 saturated heterocycles. The summed E-state index contributed by atoms with van der Waals surface area (Å²) in [5.74, 6) is 0.231. The van der Waals surface area contributed by atoms with Crippen molar-refractivity contribution < 1.29 is 9.59 Å². The number of aryl methyl sites for hydroxylation is 2. The second-order valence-electron chi connectivity index (χ2n) is 5.81. The fourth-order valence-corrected chi connectivity index (χ4v) is 2.54. The molecular weight excluding hydrogens is 308 g/mol. The Bertz CT molecular complexity index is 739. The van der Waals surface area contributed by atoms with Gasteiger partial charge in [0.15, 0.2) is 0 Å². The highest BCUT2D eigenvalue weighted by atomic mass is 16.2. The highest BCUT2D eigenvalue weighted by molar-refractivity contribution is 5.87. The van der Waals surface area contributed by atoms with E-state index in [2.05, 4.69) is 25.7 Å². The van der Waals surface area contributed by atoms with E-state index < -0.39 is 6.04 Å². The third kappa shape index (κ3) is 4.06. The van der Waals surface area contributed by atoms with Crippen LogP contribution in [0.5, 0.6) is 0 Å². The van der Waals surface area contributed by atoms with E-state index in [4.69, 9.17) is 0 Å². The molecule has 8 nitrogen and oxygen atoms in total. The summed E-state index contributed by atoms with van der Waals surface area (Å²) < 4.78 is 1.67. The predicted octanol–water partition coefficient (Wildman–Crippen LogP) is 0.705. The average Bonchev–Trinajstić information content (AvgIpc) is 3.00. The minimum atomic E-state index is -0.540. The number of carbonyl (C=O) groups is 2. The first-order valence-electron chi connectivity index (χ1n) is 8.17. The molecule has 0 aliphatic carbocycles. The van der Waals surface area contributed by atoms with Crippen molar-refractivity contribution in [1.82, 2.24) is 30.2 Å². The van der Waals surface area contributed by atoms with Crippen LogP contribution < -0.4 is 10.6 Å². The average molecular weight is 332 g/mol. The topological polar surface area (TPSA) is 101 Å². The molecule has 0 aliphatic rings. The molecule has 0 aliphatic heterocycles. The lowest BCUT2D eigenvalue weighted by molar-refractivity contribution is -0.128. The molecule has 2 aromatic rings. The summed E-state index contributed by atoms with van der Waals surface area (Å²) in [6.45, 7) is 8.11. The molecule has 130 valence electrons. The first kappa shape index (κ1) is 17.8. The summed E-state index contributed by atoms with van der Waals surface area (Å²) in [5, 5.41) is 9.62. The van der Waals surface area contributed by atoms with E-state index in [0.29, 0.717) is 18.7 Å². The molecule has 2 heterocycles. The highest BCUT2D eigenvalue weighted by Gasteiger charge is 2.16. The Kier molecular flexibility index (Phi) is 5.83. The van der Waals surface area contributed by atoms with Crippen molar-refractivity contribution in [2.45, 2.75) is 53.0 Å². The van der Waals surface area contributed by atoms with Crippen LogP contribution in [0, 0.1) is 13.8 Å². The number of carbonyl (C=O) groups excluding carboxylic acids is 2. The monoisotopic (exact) mass is 332 g/mol. The summed E-state index contributed by atoms with van der Waals surface area (Å²) in [7, 11) is 0. The van der Waals surface area contributed by atoms with Gasteiger partial charge < -0.3 is 10.6 Å². The summed E-state index contributed by atoms with van der Waals surface area (Å²) in [5.41, 5.74) is 2.75. The zero-order valence-electron chi connectivity index (χ0n) is 14.6. The fourth-order valence-electron chi connectivity index (χ4n) is 2.54. The Morgan fingerprint density at radius 1 is 1.33 bits per heavy atom. The third-order valence-electron chi connectivity index (χ3n) is 3.91. The minimum Gasteiger partial charge on any atom is -0.354 e. The summed E-state index contributed by atoms with van der Waals surface area (Å²) >= 11 is 0. The van der Waals surface area contributed by atoms with E-state index in [1.54, 1.807) is 11.4 Å². The van der Waals surface area contributed by atoms with Gasteiger partial charge in [-0.25, -0.2) is 9.50 Å². The summed E-state index contributed by atoms with van der Waals surface area (Å²) in [6, 6.07) is -0.540. The lowest BCUT2D eigenvalue weighted by Gasteiger charge is -2.14. The first-order chi connectivity index (χ1) is 11.4. The fraction of sp³-hybridized carbons (Fsp3) is 0.562. The van der Waals surface area contributed by atoms with Crippen LogP contribution in [-0.2, 0) is 16.0 Å². The normalized spacial score (nSPS) is 12.2. The van der Waals surface area contributed by atoms with Gasteiger partial charge >= 0.3 is 0 Å². The molecule has 2 rings (SSSR count). The van der Waals surface area contributed by atoms with Crippen molar-refractivity contribution >= 4 is 17.6 Å². The molecule has 0 fully saturated rings.